The Morgan fingerprint density at radius 1 is 1.18 bits per heavy atom. The van der Waals surface area contributed by atoms with Crippen LogP contribution in [0.2, 0.25) is 0 Å². The summed E-state index contributed by atoms with van der Waals surface area (Å²) in [6, 6.07) is 8.43. The number of benzene rings is 1. The first-order valence-corrected chi connectivity index (χ1v) is 6.81. The number of ether oxygens (including phenoxy) is 1. The van der Waals surface area contributed by atoms with Gasteiger partial charge in [0.1, 0.15) is 0 Å². The average Bonchev–Trinajstić information content (AvgIpc) is 2.38. The molecule has 94 valence electrons. The molecule has 1 aromatic carbocycles. The van der Waals surface area contributed by atoms with Crippen LogP contribution >= 0.6 is 15.9 Å². The molecule has 0 spiro atoms. The van der Waals surface area contributed by atoms with E-state index in [0.717, 1.165) is 39.3 Å². The van der Waals surface area contributed by atoms with Crippen molar-refractivity contribution in [2.24, 2.45) is 0 Å². The fourth-order valence-electron chi connectivity index (χ4n) is 2.14. The number of anilines is 1. The maximum Gasteiger partial charge on any atom is 0.0589 e. The van der Waals surface area contributed by atoms with Gasteiger partial charge in [0.05, 0.1) is 12.3 Å². The van der Waals surface area contributed by atoms with E-state index in [1.165, 1.54) is 10.2 Å². The quantitative estimate of drug-likeness (QED) is 0.848. The van der Waals surface area contributed by atoms with Gasteiger partial charge in [-0.3, -0.25) is 4.90 Å². The van der Waals surface area contributed by atoms with E-state index in [1.54, 1.807) is 7.11 Å². The van der Waals surface area contributed by atoms with E-state index in [4.69, 9.17) is 4.74 Å². The Labute approximate surface area is 111 Å². The minimum absolute atomic E-state index is 0.828. The van der Waals surface area contributed by atoms with Crippen LogP contribution in [-0.4, -0.2) is 51.3 Å². The van der Waals surface area contributed by atoms with E-state index >= 15 is 0 Å². The molecule has 1 heterocycles. The molecule has 0 atom stereocenters. The molecule has 0 N–H and O–H groups in total. The summed E-state index contributed by atoms with van der Waals surface area (Å²) in [6.45, 7) is 6.28. The molecule has 0 radical (unpaired) electrons. The Morgan fingerprint density at radius 2 is 1.88 bits per heavy atom. The second kappa shape index (κ2) is 6.38. The van der Waals surface area contributed by atoms with Crippen LogP contribution in [-0.2, 0) is 4.74 Å². The van der Waals surface area contributed by atoms with Gasteiger partial charge in [-0.15, -0.1) is 0 Å². The van der Waals surface area contributed by atoms with Crippen LogP contribution in [0.1, 0.15) is 0 Å². The second-order valence-electron chi connectivity index (χ2n) is 4.27. The van der Waals surface area contributed by atoms with Gasteiger partial charge in [0.25, 0.3) is 0 Å². The largest absolute Gasteiger partial charge is 0.383 e. The minimum Gasteiger partial charge on any atom is -0.383 e. The summed E-state index contributed by atoms with van der Waals surface area (Å²) in [4.78, 5) is 4.89. The van der Waals surface area contributed by atoms with Gasteiger partial charge >= 0.3 is 0 Å². The molecule has 17 heavy (non-hydrogen) atoms. The normalized spacial score (nSPS) is 17.4. The van der Waals surface area contributed by atoms with E-state index in [1.807, 2.05) is 0 Å². The van der Waals surface area contributed by atoms with Gasteiger partial charge in [0.2, 0.25) is 0 Å². The van der Waals surface area contributed by atoms with Crippen LogP contribution in [0.3, 0.4) is 0 Å². The van der Waals surface area contributed by atoms with Crippen LogP contribution in [0.15, 0.2) is 28.7 Å². The lowest BCUT2D eigenvalue weighted by atomic mass is 10.2. The summed E-state index contributed by atoms with van der Waals surface area (Å²) in [6.07, 6.45) is 0. The topological polar surface area (TPSA) is 15.7 Å². The van der Waals surface area contributed by atoms with Gasteiger partial charge in [-0.1, -0.05) is 12.1 Å². The summed E-state index contributed by atoms with van der Waals surface area (Å²) < 4.78 is 6.30. The molecule has 0 saturated carbocycles. The molecule has 1 saturated heterocycles. The van der Waals surface area contributed by atoms with E-state index in [9.17, 15) is 0 Å². The zero-order valence-corrected chi connectivity index (χ0v) is 11.8. The summed E-state index contributed by atoms with van der Waals surface area (Å²) in [5.41, 5.74) is 1.30. The minimum atomic E-state index is 0.828. The van der Waals surface area contributed by atoms with E-state index < -0.39 is 0 Å². The second-order valence-corrected chi connectivity index (χ2v) is 5.13. The molecule has 0 bridgehead atoms. The van der Waals surface area contributed by atoms with Crippen molar-refractivity contribution in [3.05, 3.63) is 28.7 Å². The number of methoxy groups -OCH3 is 1. The monoisotopic (exact) mass is 298 g/mol. The summed E-state index contributed by atoms with van der Waals surface area (Å²) in [7, 11) is 1.76. The maximum atomic E-state index is 5.11. The smallest absolute Gasteiger partial charge is 0.0589 e. The number of nitrogens with zero attached hydrogens (tertiary/aromatic N) is 2. The van der Waals surface area contributed by atoms with Gasteiger partial charge in [0, 0.05) is 44.3 Å². The van der Waals surface area contributed by atoms with Gasteiger partial charge in [-0.05, 0) is 28.1 Å². The van der Waals surface area contributed by atoms with Crippen LogP contribution < -0.4 is 4.90 Å². The Morgan fingerprint density at radius 3 is 2.53 bits per heavy atom. The first kappa shape index (κ1) is 12.9. The highest BCUT2D eigenvalue weighted by Crippen LogP contribution is 2.26. The van der Waals surface area contributed by atoms with E-state index in [0.29, 0.717) is 0 Å². The Balaban J connectivity index is 1.89. The molecule has 0 amide bonds. The van der Waals surface area contributed by atoms with Crippen LogP contribution in [0.5, 0.6) is 0 Å². The predicted octanol–water partition coefficient (Wildman–Crippen LogP) is 2.22. The molecule has 3 nitrogen and oxygen atoms in total. The third-order valence-electron chi connectivity index (χ3n) is 3.18. The highest BCUT2D eigenvalue weighted by atomic mass is 79.9. The lowest BCUT2D eigenvalue weighted by Gasteiger charge is -2.36. The maximum absolute atomic E-state index is 5.11. The summed E-state index contributed by atoms with van der Waals surface area (Å²) in [5, 5.41) is 0. The molecular formula is C13H19BrN2O. The number of rotatable bonds is 4. The van der Waals surface area contributed by atoms with Crippen molar-refractivity contribution in [2.45, 2.75) is 0 Å². The van der Waals surface area contributed by atoms with Gasteiger partial charge in [0.15, 0.2) is 0 Å². The Bertz CT molecular complexity index is 351. The molecule has 1 fully saturated rings. The Kier molecular flexibility index (Phi) is 4.83. The third kappa shape index (κ3) is 3.44. The van der Waals surface area contributed by atoms with Crippen LogP contribution in [0.25, 0.3) is 0 Å². The SMILES string of the molecule is COCCN1CCN(c2ccccc2Br)CC1. The van der Waals surface area contributed by atoms with Gasteiger partial charge in [-0.25, -0.2) is 0 Å². The van der Waals surface area contributed by atoms with Crippen molar-refractivity contribution in [1.82, 2.24) is 4.90 Å². The molecule has 1 aliphatic heterocycles. The third-order valence-corrected chi connectivity index (χ3v) is 3.85. The molecule has 0 aliphatic carbocycles. The predicted molar refractivity (Wildman–Crippen MR) is 74.7 cm³/mol. The molecular weight excluding hydrogens is 280 g/mol. The number of para-hydroxylation sites is 1. The van der Waals surface area contributed by atoms with Crippen molar-refractivity contribution in [3.63, 3.8) is 0 Å². The first-order chi connectivity index (χ1) is 8.31. The van der Waals surface area contributed by atoms with Crippen LogP contribution in [0, 0.1) is 0 Å². The number of hydrogen-bond donors (Lipinski definition) is 0. The summed E-state index contributed by atoms with van der Waals surface area (Å²) in [5.74, 6) is 0. The molecule has 4 heteroatoms. The lowest BCUT2D eigenvalue weighted by Crippen LogP contribution is -2.47. The highest BCUT2D eigenvalue weighted by molar-refractivity contribution is 9.10. The number of halogens is 1. The molecule has 1 aromatic rings. The number of hydrogen-bond acceptors (Lipinski definition) is 3. The molecule has 2 rings (SSSR count). The van der Waals surface area contributed by atoms with Crippen LogP contribution in [0.4, 0.5) is 5.69 Å². The van der Waals surface area contributed by atoms with E-state index in [-0.39, 0.29) is 0 Å². The summed E-state index contributed by atoms with van der Waals surface area (Å²) >= 11 is 3.61. The molecule has 1 aliphatic rings. The fourth-order valence-corrected chi connectivity index (χ4v) is 2.68. The van der Waals surface area contributed by atoms with Crippen molar-refractivity contribution in [3.8, 4) is 0 Å². The lowest BCUT2D eigenvalue weighted by molar-refractivity contribution is 0.144. The zero-order chi connectivity index (χ0) is 12.1. The fraction of sp³-hybridized carbons (Fsp3) is 0.538. The Hall–Kier alpha value is -0.580. The van der Waals surface area contributed by atoms with Crippen molar-refractivity contribution >= 4 is 21.6 Å². The number of piperazine rings is 1. The van der Waals surface area contributed by atoms with Crippen molar-refractivity contribution in [1.29, 1.82) is 0 Å². The first-order valence-electron chi connectivity index (χ1n) is 6.02. The van der Waals surface area contributed by atoms with E-state index in [2.05, 4.69) is 50.0 Å². The average molecular weight is 299 g/mol. The zero-order valence-electron chi connectivity index (χ0n) is 10.2. The molecule has 0 unspecified atom stereocenters. The van der Waals surface area contributed by atoms with Gasteiger partial charge < -0.3 is 9.64 Å². The molecule has 0 aromatic heterocycles. The van der Waals surface area contributed by atoms with Gasteiger partial charge in [-0.2, -0.15) is 0 Å². The highest BCUT2D eigenvalue weighted by Gasteiger charge is 2.17. The van der Waals surface area contributed by atoms with Crippen molar-refractivity contribution in [2.75, 3.05) is 51.3 Å². The standard InChI is InChI=1S/C13H19BrN2O/c1-17-11-10-15-6-8-16(9-7-15)13-5-3-2-4-12(13)14/h2-5H,6-11H2,1H3. The van der Waals surface area contributed by atoms with Crippen molar-refractivity contribution < 1.29 is 4.74 Å².